The van der Waals surface area contributed by atoms with Gasteiger partial charge >= 0.3 is 0 Å². The molecule has 0 spiro atoms. The van der Waals surface area contributed by atoms with Crippen molar-refractivity contribution in [3.63, 3.8) is 0 Å². The Bertz CT molecular complexity index is 801. The van der Waals surface area contributed by atoms with E-state index >= 15 is 0 Å². The first-order chi connectivity index (χ1) is 11.7. The van der Waals surface area contributed by atoms with Crippen molar-refractivity contribution < 1.29 is 9.53 Å². The molecule has 0 saturated carbocycles. The summed E-state index contributed by atoms with van der Waals surface area (Å²) < 4.78 is 5.09. The van der Waals surface area contributed by atoms with Crippen molar-refractivity contribution in [1.29, 1.82) is 0 Å². The number of benzene rings is 1. The van der Waals surface area contributed by atoms with E-state index in [1.54, 1.807) is 31.6 Å². The lowest BCUT2D eigenvalue weighted by Crippen LogP contribution is -2.28. The monoisotopic (exact) mass is 324 g/mol. The van der Waals surface area contributed by atoms with E-state index in [0.29, 0.717) is 12.4 Å². The highest BCUT2D eigenvalue weighted by Crippen LogP contribution is 2.11. The maximum Gasteiger partial charge on any atom is 0.243 e. The minimum absolute atomic E-state index is 0.00817. The number of rotatable bonds is 6. The van der Waals surface area contributed by atoms with Gasteiger partial charge in [0, 0.05) is 24.5 Å². The zero-order chi connectivity index (χ0) is 16.8. The molecule has 0 aliphatic heterocycles. The van der Waals surface area contributed by atoms with Gasteiger partial charge in [-0.3, -0.25) is 9.78 Å². The summed E-state index contributed by atoms with van der Waals surface area (Å²) in [5.41, 5.74) is 1.78. The molecule has 0 radical (unpaired) electrons. The molecule has 0 bridgehead atoms. The molecule has 1 N–H and O–H groups in total. The van der Waals surface area contributed by atoms with Gasteiger partial charge in [-0.05, 0) is 35.0 Å². The average molecular weight is 324 g/mol. The fraction of sp³-hybridized carbons (Fsp3) is 0.188. The number of aromatic nitrogens is 5. The number of ether oxygens (including phenoxy) is 1. The molecular formula is C16H16N6O2. The molecular weight excluding hydrogens is 308 g/mol. The van der Waals surface area contributed by atoms with Crippen LogP contribution in [0.1, 0.15) is 5.56 Å². The third kappa shape index (κ3) is 3.92. The number of amides is 1. The zero-order valence-electron chi connectivity index (χ0n) is 13.1. The molecule has 24 heavy (non-hydrogen) atoms. The maximum atomic E-state index is 12.0. The summed E-state index contributed by atoms with van der Waals surface area (Å²) in [5, 5.41) is 14.8. The second-order valence-electron chi connectivity index (χ2n) is 5.00. The van der Waals surface area contributed by atoms with Gasteiger partial charge in [-0.2, -0.15) is 4.80 Å². The van der Waals surface area contributed by atoms with Gasteiger partial charge in [-0.25, -0.2) is 0 Å². The van der Waals surface area contributed by atoms with Crippen LogP contribution in [0.15, 0.2) is 48.8 Å². The van der Waals surface area contributed by atoms with Crippen LogP contribution in [0.3, 0.4) is 0 Å². The summed E-state index contributed by atoms with van der Waals surface area (Å²) in [7, 11) is 1.61. The van der Waals surface area contributed by atoms with E-state index in [2.05, 4.69) is 25.7 Å². The third-order valence-electron chi connectivity index (χ3n) is 3.33. The van der Waals surface area contributed by atoms with E-state index in [1.807, 2.05) is 24.3 Å². The molecule has 3 rings (SSSR count). The van der Waals surface area contributed by atoms with Crippen LogP contribution in [0, 0.1) is 0 Å². The first-order valence-corrected chi connectivity index (χ1v) is 7.32. The van der Waals surface area contributed by atoms with Crippen LogP contribution in [-0.2, 0) is 17.9 Å². The summed E-state index contributed by atoms with van der Waals surface area (Å²) >= 11 is 0. The number of carbonyl (C=O) groups excluding carboxylic acids is 1. The van der Waals surface area contributed by atoms with Crippen LogP contribution in [-0.4, -0.2) is 38.2 Å². The molecule has 8 nitrogen and oxygen atoms in total. The number of tetrazole rings is 1. The molecule has 122 valence electrons. The number of methoxy groups -OCH3 is 1. The normalized spacial score (nSPS) is 10.4. The van der Waals surface area contributed by atoms with E-state index in [0.717, 1.165) is 16.9 Å². The Labute approximate surface area is 138 Å². The largest absolute Gasteiger partial charge is 0.497 e. The van der Waals surface area contributed by atoms with Crippen LogP contribution in [0.25, 0.3) is 11.4 Å². The second-order valence-corrected chi connectivity index (χ2v) is 5.00. The number of nitrogens with zero attached hydrogens (tertiary/aromatic N) is 5. The molecule has 0 aliphatic rings. The van der Waals surface area contributed by atoms with Crippen LogP contribution in [0.2, 0.25) is 0 Å². The fourth-order valence-electron chi connectivity index (χ4n) is 2.06. The number of hydrogen-bond donors (Lipinski definition) is 1. The molecule has 0 unspecified atom stereocenters. The highest BCUT2D eigenvalue weighted by atomic mass is 16.5. The Hall–Kier alpha value is -3.29. The molecule has 2 heterocycles. The highest BCUT2D eigenvalue weighted by Gasteiger charge is 2.09. The quantitative estimate of drug-likeness (QED) is 0.728. The van der Waals surface area contributed by atoms with Crippen molar-refractivity contribution in [2.75, 3.05) is 7.11 Å². The first kappa shape index (κ1) is 15.6. The molecule has 0 saturated heterocycles. The summed E-state index contributed by atoms with van der Waals surface area (Å²) in [6.07, 6.45) is 3.30. The average Bonchev–Trinajstić information content (AvgIpc) is 3.09. The van der Waals surface area contributed by atoms with Gasteiger partial charge in [0.05, 0.1) is 7.11 Å². The smallest absolute Gasteiger partial charge is 0.243 e. The predicted molar refractivity (Wildman–Crippen MR) is 85.9 cm³/mol. The summed E-state index contributed by atoms with van der Waals surface area (Å²) in [6, 6.07) is 11.1. The van der Waals surface area contributed by atoms with Gasteiger partial charge in [-0.15, -0.1) is 10.2 Å². The van der Waals surface area contributed by atoms with Crippen LogP contribution in [0.5, 0.6) is 5.75 Å². The molecule has 0 atom stereocenters. The molecule has 1 amide bonds. The number of carbonyl (C=O) groups is 1. The van der Waals surface area contributed by atoms with E-state index in [-0.39, 0.29) is 12.5 Å². The SMILES string of the molecule is COc1ccc(CNC(=O)Cn2nnc(-c3ccncc3)n2)cc1. The van der Waals surface area contributed by atoms with Crippen molar-refractivity contribution in [3.8, 4) is 17.1 Å². The first-order valence-electron chi connectivity index (χ1n) is 7.32. The Balaban J connectivity index is 1.54. The van der Waals surface area contributed by atoms with E-state index in [4.69, 9.17) is 4.74 Å². The van der Waals surface area contributed by atoms with Crippen LogP contribution < -0.4 is 10.1 Å². The zero-order valence-corrected chi connectivity index (χ0v) is 13.1. The van der Waals surface area contributed by atoms with Gasteiger partial charge < -0.3 is 10.1 Å². The van der Waals surface area contributed by atoms with Crippen molar-refractivity contribution in [3.05, 3.63) is 54.4 Å². The minimum atomic E-state index is -0.190. The standard InChI is InChI=1S/C16H16N6O2/c1-24-14-4-2-12(3-5-14)10-18-15(23)11-22-20-16(19-21-22)13-6-8-17-9-7-13/h2-9H,10-11H2,1H3,(H,18,23). The predicted octanol–water partition coefficient (Wildman–Crippen LogP) is 1.06. The summed E-state index contributed by atoms with van der Waals surface area (Å²) in [4.78, 5) is 17.2. The van der Waals surface area contributed by atoms with Crippen molar-refractivity contribution in [2.45, 2.75) is 13.1 Å². The molecule has 1 aromatic carbocycles. The number of pyridine rings is 1. The van der Waals surface area contributed by atoms with Crippen molar-refractivity contribution >= 4 is 5.91 Å². The number of nitrogens with one attached hydrogen (secondary N) is 1. The van der Waals surface area contributed by atoms with E-state index in [9.17, 15) is 4.79 Å². The Morgan fingerprint density at radius 3 is 2.62 bits per heavy atom. The topological polar surface area (TPSA) is 94.8 Å². The highest BCUT2D eigenvalue weighted by molar-refractivity contribution is 5.75. The van der Waals surface area contributed by atoms with Crippen molar-refractivity contribution in [2.24, 2.45) is 0 Å². The third-order valence-corrected chi connectivity index (χ3v) is 3.33. The van der Waals surface area contributed by atoms with Gasteiger partial charge in [0.25, 0.3) is 0 Å². The van der Waals surface area contributed by atoms with Gasteiger partial charge in [0.1, 0.15) is 12.3 Å². The Kier molecular flexibility index (Phi) is 4.76. The minimum Gasteiger partial charge on any atom is -0.497 e. The molecule has 2 aromatic heterocycles. The van der Waals surface area contributed by atoms with Crippen LogP contribution >= 0.6 is 0 Å². The van der Waals surface area contributed by atoms with E-state index in [1.165, 1.54) is 4.80 Å². The molecule has 0 aliphatic carbocycles. The summed E-state index contributed by atoms with van der Waals surface area (Å²) in [6.45, 7) is 0.434. The summed E-state index contributed by atoms with van der Waals surface area (Å²) in [5.74, 6) is 1.05. The lowest BCUT2D eigenvalue weighted by molar-refractivity contribution is -0.122. The van der Waals surface area contributed by atoms with Crippen LogP contribution in [0.4, 0.5) is 0 Å². The second kappa shape index (κ2) is 7.32. The Morgan fingerprint density at radius 1 is 1.17 bits per heavy atom. The maximum absolute atomic E-state index is 12.0. The lowest BCUT2D eigenvalue weighted by atomic mass is 10.2. The molecule has 3 aromatic rings. The molecule has 8 heteroatoms. The number of hydrogen-bond acceptors (Lipinski definition) is 6. The van der Waals surface area contributed by atoms with Gasteiger partial charge in [-0.1, -0.05) is 12.1 Å². The fourth-order valence-corrected chi connectivity index (χ4v) is 2.06. The van der Waals surface area contributed by atoms with Gasteiger partial charge in [0.15, 0.2) is 0 Å². The Morgan fingerprint density at radius 2 is 1.92 bits per heavy atom. The lowest BCUT2D eigenvalue weighted by Gasteiger charge is -2.05. The van der Waals surface area contributed by atoms with E-state index < -0.39 is 0 Å². The molecule has 0 fully saturated rings. The van der Waals surface area contributed by atoms with Crippen molar-refractivity contribution in [1.82, 2.24) is 30.5 Å². The van der Waals surface area contributed by atoms with Gasteiger partial charge in [0.2, 0.25) is 11.7 Å².